The van der Waals surface area contributed by atoms with Crippen LogP contribution in [0, 0.1) is 0 Å². The second-order valence-corrected chi connectivity index (χ2v) is 6.14. The van der Waals surface area contributed by atoms with E-state index in [2.05, 4.69) is 29.4 Å². The number of nitrogens with zero attached hydrogens (tertiary/aromatic N) is 1. The Morgan fingerprint density at radius 3 is 2.23 bits per heavy atom. The number of anilines is 1. The summed E-state index contributed by atoms with van der Waals surface area (Å²) in [5.41, 5.74) is 8.17. The maximum Gasteiger partial charge on any atom is 0.0604 e. The molecule has 1 heterocycles. The van der Waals surface area contributed by atoms with Crippen molar-refractivity contribution in [2.24, 2.45) is 5.73 Å². The number of unbranched alkanes of at least 4 members (excludes halogenated alkanes) is 6. The quantitative estimate of drug-likeness (QED) is 0.583. The summed E-state index contributed by atoms with van der Waals surface area (Å²) in [5, 5.41) is 3.44. The summed E-state index contributed by atoms with van der Waals surface area (Å²) in [6, 6.07) is 4.18. The average molecular weight is 348 g/mol. The number of aromatic nitrogens is 1. The molecule has 3 N–H and O–H groups in total. The smallest absolute Gasteiger partial charge is 0.0604 e. The molecule has 0 aromatic carbocycles. The van der Waals surface area contributed by atoms with E-state index in [1.54, 1.807) is 0 Å². The number of pyridine rings is 1. The fourth-order valence-electron chi connectivity index (χ4n) is 2.50. The van der Waals surface area contributed by atoms with Crippen LogP contribution in [0.4, 0.5) is 5.69 Å². The Bertz CT molecular complexity index is 391. The van der Waals surface area contributed by atoms with Gasteiger partial charge in [-0.1, -0.05) is 45.4 Å². The number of hydrogen-bond acceptors (Lipinski definition) is 3. The summed E-state index contributed by atoms with van der Waals surface area (Å²) in [4.78, 5) is 4.47. The van der Waals surface area contributed by atoms with Crippen LogP contribution in [0.5, 0.6) is 0 Å². The maximum absolute atomic E-state index is 6.12. The van der Waals surface area contributed by atoms with Crippen LogP contribution in [0.25, 0.3) is 0 Å². The zero-order valence-electron chi connectivity index (χ0n) is 13.6. The van der Waals surface area contributed by atoms with Crippen LogP contribution in [-0.4, -0.2) is 11.5 Å². The van der Waals surface area contributed by atoms with Gasteiger partial charge in [-0.2, -0.15) is 0 Å². The fraction of sp³-hybridized carbons (Fsp3) is 0.706. The molecule has 1 fully saturated rings. The van der Waals surface area contributed by atoms with E-state index in [-0.39, 0.29) is 30.4 Å². The molecule has 0 aliphatic heterocycles. The number of halogens is 2. The summed E-state index contributed by atoms with van der Waals surface area (Å²) in [6.07, 6.45) is 13.5. The minimum absolute atomic E-state index is 0. The standard InChI is InChI=1S/C17H29N3.2ClH/c1-2-3-4-5-6-7-8-13-19-15-9-10-16(20-14-15)17(18)11-12-17;;/h9-10,14,19H,2-8,11-13,18H2,1H3;2*1H. The van der Waals surface area contributed by atoms with Gasteiger partial charge in [0.25, 0.3) is 0 Å². The van der Waals surface area contributed by atoms with Crippen molar-refractivity contribution < 1.29 is 0 Å². The third-order valence-electron chi connectivity index (χ3n) is 4.17. The maximum atomic E-state index is 6.12. The van der Waals surface area contributed by atoms with E-state index in [0.29, 0.717) is 0 Å². The van der Waals surface area contributed by atoms with Gasteiger partial charge in [-0.25, -0.2) is 0 Å². The molecular weight excluding hydrogens is 317 g/mol. The molecule has 0 bridgehead atoms. The highest BCUT2D eigenvalue weighted by molar-refractivity contribution is 5.85. The lowest BCUT2D eigenvalue weighted by Gasteiger charge is -2.10. The summed E-state index contributed by atoms with van der Waals surface area (Å²) < 4.78 is 0. The molecule has 0 atom stereocenters. The summed E-state index contributed by atoms with van der Waals surface area (Å²) in [6.45, 7) is 3.31. The molecule has 1 aromatic heterocycles. The van der Waals surface area contributed by atoms with Gasteiger partial charge in [-0.15, -0.1) is 24.8 Å². The molecule has 0 amide bonds. The molecule has 0 unspecified atom stereocenters. The minimum Gasteiger partial charge on any atom is -0.384 e. The molecule has 128 valence electrons. The highest BCUT2D eigenvalue weighted by Crippen LogP contribution is 2.41. The molecule has 0 spiro atoms. The van der Waals surface area contributed by atoms with Crippen LogP contribution in [0.2, 0.25) is 0 Å². The number of nitrogens with one attached hydrogen (secondary N) is 1. The van der Waals surface area contributed by atoms with Gasteiger partial charge in [0, 0.05) is 6.54 Å². The van der Waals surface area contributed by atoms with Crippen molar-refractivity contribution in [3.8, 4) is 0 Å². The predicted octanol–water partition coefficient (Wildman–Crippen LogP) is 5.04. The van der Waals surface area contributed by atoms with E-state index in [1.165, 1.54) is 44.9 Å². The lowest BCUT2D eigenvalue weighted by Crippen LogP contribution is -2.20. The SMILES string of the molecule is CCCCCCCCCNc1ccc(C2(N)CC2)nc1.Cl.Cl. The van der Waals surface area contributed by atoms with Crippen molar-refractivity contribution in [3.63, 3.8) is 0 Å². The molecule has 1 aromatic rings. The normalized spacial score (nSPS) is 14.6. The van der Waals surface area contributed by atoms with E-state index in [0.717, 1.165) is 30.8 Å². The Hall–Kier alpha value is -0.510. The summed E-state index contributed by atoms with van der Waals surface area (Å²) in [5.74, 6) is 0. The largest absolute Gasteiger partial charge is 0.384 e. The van der Waals surface area contributed by atoms with Crippen molar-refractivity contribution in [1.82, 2.24) is 4.98 Å². The zero-order valence-corrected chi connectivity index (χ0v) is 15.3. The van der Waals surface area contributed by atoms with Gasteiger partial charge in [-0.3, -0.25) is 4.98 Å². The summed E-state index contributed by atoms with van der Waals surface area (Å²) >= 11 is 0. The van der Waals surface area contributed by atoms with Gasteiger partial charge >= 0.3 is 0 Å². The molecule has 0 saturated heterocycles. The van der Waals surface area contributed by atoms with Crippen LogP contribution >= 0.6 is 24.8 Å². The van der Waals surface area contributed by atoms with Crippen LogP contribution < -0.4 is 11.1 Å². The third-order valence-corrected chi connectivity index (χ3v) is 4.17. The first-order valence-corrected chi connectivity index (χ1v) is 8.24. The molecular formula is C17H31Cl2N3. The van der Waals surface area contributed by atoms with Crippen LogP contribution in [0.15, 0.2) is 18.3 Å². The Morgan fingerprint density at radius 1 is 1.05 bits per heavy atom. The van der Waals surface area contributed by atoms with Crippen molar-refractivity contribution in [1.29, 1.82) is 0 Å². The zero-order chi connectivity index (χ0) is 14.3. The van der Waals surface area contributed by atoms with Gasteiger partial charge in [-0.05, 0) is 31.4 Å². The minimum atomic E-state index is -0.114. The summed E-state index contributed by atoms with van der Waals surface area (Å²) in [7, 11) is 0. The Morgan fingerprint density at radius 2 is 1.68 bits per heavy atom. The molecule has 1 saturated carbocycles. The van der Waals surface area contributed by atoms with E-state index in [1.807, 2.05) is 6.20 Å². The second-order valence-electron chi connectivity index (χ2n) is 6.14. The molecule has 22 heavy (non-hydrogen) atoms. The molecule has 1 aliphatic rings. The molecule has 2 rings (SSSR count). The van der Waals surface area contributed by atoms with Gasteiger partial charge in [0.05, 0.1) is 23.1 Å². The van der Waals surface area contributed by atoms with Crippen LogP contribution in [-0.2, 0) is 5.54 Å². The number of nitrogens with two attached hydrogens (primary N) is 1. The van der Waals surface area contributed by atoms with Crippen molar-refractivity contribution in [2.75, 3.05) is 11.9 Å². The average Bonchev–Trinajstić information content (AvgIpc) is 3.22. The number of rotatable bonds is 10. The first-order valence-electron chi connectivity index (χ1n) is 8.24. The Kier molecular flexibility index (Phi) is 10.8. The lowest BCUT2D eigenvalue weighted by atomic mass is 10.1. The van der Waals surface area contributed by atoms with E-state index < -0.39 is 0 Å². The number of hydrogen-bond donors (Lipinski definition) is 2. The highest BCUT2D eigenvalue weighted by Gasteiger charge is 2.41. The molecule has 3 nitrogen and oxygen atoms in total. The highest BCUT2D eigenvalue weighted by atomic mass is 35.5. The third kappa shape index (κ3) is 7.17. The van der Waals surface area contributed by atoms with Gasteiger partial charge in [0.2, 0.25) is 0 Å². The fourth-order valence-corrected chi connectivity index (χ4v) is 2.50. The van der Waals surface area contributed by atoms with E-state index >= 15 is 0 Å². The van der Waals surface area contributed by atoms with E-state index in [9.17, 15) is 0 Å². The Labute approximate surface area is 147 Å². The van der Waals surface area contributed by atoms with Crippen molar-refractivity contribution in [2.45, 2.75) is 70.3 Å². The van der Waals surface area contributed by atoms with Crippen molar-refractivity contribution >= 4 is 30.5 Å². The van der Waals surface area contributed by atoms with Gasteiger partial charge in [0.15, 0.2) is 0 Å². The molecule has 1 aliphatic carbocycles. The predicted molar refractivity (Wildman–Crippen MR) is 100 cm³/mol. The van der Waals surface area contributed by atoms with Crippen LogP contribution in [0.1, 0.15) is 70.4 Å². The first-order chi connectivity index (χ1) is 9.74. The first kappa shape index (κ1) is 21.5. The topological polar surface area (TPSA) is 50.9 Å². The van der Waals surface area contributed by atoms with Crippen molar-refractivity contribution in [3.05, 3.63) is 24.0 Å². The van der Waals surface area contributed by atoms with Gasteiger partial charge < -0.3 is 11.1 Å². The van der Waals surface area contributed by atoms with Gasteiger partial charge in [0.1, 0.15) is 0 Å². The molecule has 0 radical (unpaired) electrons. The lowest BCUT2D eigenvalue weighted by molar-refractivity contribution is 0.596. The monoisotopic (exact) mass is 347 g/mol. The van der Waals surface area contributed by atoms with E-state index in [4.69, 9.17) is 5.73 Å². The molecule has 5 heteroatoms. The van der Waals surface area contributed by atoms with Crippen LogP contribution in [0.3, 0.4) is 0 Å². The Balaban J connectivity index is 0.00000220. The second kappa shape index (κ2) is 11.1.